The van der Waals surface area contributed by atoms with Crippen LogP contribution in [0.2, 0.25) is 0 Å². The van der Waals surface area contributed by atoms with E-state index in [1.807, 2.05) is 18.0 Å². The first-order valence-electron chi connectivity index (χ1n) is 11.6. The van der Waals surface area contributed by atoms with E-state index in [0.717, 1.165) is 53.7 Å². The van der Waals surface area contributed by atoms with E-state index in [1.54, 1.807) is 23.9 Å². The Morgan fingerprint density at radius 3 is 2.61 bits per heavy atom. The van der Waals surface area contributed by atoms with E-state index in [1.165, 1.54) is 12.1 Å². The fourth-order valence-corrected chi connectivity index (χ4v) is 4.80. The molecule has 1 unspecified atom stereocenters. The number of piperidine rings is 1. The van der Waals surface area contributed by atoms with Crippen molar-refractivity contribution < 1.29 is 14.0 Å². The van der Waals surface area contributed by atoms with Crippen LogP contribution in [-0.4, -0.2) is 51.6 Å². The maximum absolute atomic E-state index is 13.2. The third kappa shape index (κ3) is 4.21. The fourth-order valence-electron chi connectivity index (χ4n) is 4.80. The Morgan fingerprint density at radius 1 is 1.15 bits per heavy atom. The SMILES string of the molecule is CNC(=O)c1cc(C2CC2)nc2c1c(C1CCCN(C(=O)Cc3ccc(F)cc3)C1)nn2C. The minimum atomic E-state index is -0.309. The summed E-state index contributed by atoms with van der Waals surface area (Å²) in [7, 11) is 3.50. The second-order valence-electron chi connectivity index (χ2n) is 9.14. The number of hydrogen-bond donors (Lipinski definition) is 1. The normalized spacial score (nSPS) is 18.5. The molecule has 5 rings (SSSR count). The molecule has 33 heavy (non-hydrogen) atoms. The first kappa shape index (κ1) is 21.6. The maximum atomic E-state index is 13.2. The van der Waals surface area contributed by atoms with Gasteiger partial charge in [0.05, 0.1) is 23.1 Å². The summed E-state index contributed by atoms with van der Waals surface area (Å²) in [5.74, 6) is 0.0180. The first-order valence-corrected chi connectivity index (χ1v) is 11.6. The van der Waals surface area contributed by atoms with E-state index < -0.39 is 0 Å². The summed E-state index contributed by atoms with van der Waals surface area (Å²) in [6.07, 6.45) is 4.20. The number of aromatic nitrogens is 3. The van der Waals surface area contributed by atoms with Crippen LogP contribution >= 0.6 is 0 Å². The molecule has 1 atom stereocenters. The molecule has 2 fully saturated rings. The zero-order valence-electron chi connectivity index (χ0n) is 19.0. The highest BCUT2D eigenvalue weighted by atomic mass is 19.1. The van der Waals surface area contributed by atoms with Gasteiger partial charge in [-0.15, -0.1) is 0 Å². The highest BCUT2D eigenvalue weighted by Gasteiger charge is 2.32. The number of pyridine rings is 1. The van der Waals surface area contributed by atoms with Gasteiger partial charge in [-0.1, -0.05) is 12.1 Å². The number of carbonyl (C=O) groups excluding carboxylic acids is 2. The lowest BCUT2D eigenvalue weighted by Gasteiger charge is -2.32. The summed E-state index contributed by atoms with van der Waals surface area (Å²) in [6, 6.07) is 7.99. The molecular weight excluding hydrogens is 421 g/mol. The van der Waals surface area contributed by atoms with Crippen LogP contribution in [0.1, 0.15) is 64.8 Å². The zero-order chi connectivity index (χ0) is 23.1. The summed E-state index contributed by atoms with van der Waals surface area (Å²) < 4.78 is 15.0. The Labute approximate surface area is 192 Å². The maximum Gasteiger partial charge on any atom is 0.251 e. The van der Waals surface area contributed by atoms with Gasteiger partial charge >= 0.3 is 0 Å². The summed E-state index contributed by atoms with van der Waals surface area (Å²) in [6.45, 7) is 1.23. The number of halogens is 1. The molecule has 3 heterocycles. The third-order valence-corrected chi connectivity index (χ3v) is 6.74. The van der Waals surface area contributed by atoms with E-state index in [9.17, 15) is 14.0 Å². The van der Waals surface area contributed by atoms with Crippen LogP contribution in [0.4, 0.5) is 4.39 Å². The lowest BCUT2D eigenvalue weighted by Crippen LogP contribution is -2.40. The number of aryl methyl sites for hydroxylation is 1. The quantitative estimate of drug-likeness (QED) is 0.648. The summed E-state index contributed by atoms with van der Waals surface area (Å²) in [5, 5.41) is 8.35. The van der Waals surface area contributed by atoms with Crippen molar-refractivity contribution in [2.75, 3.05) is 20.1 Å². The molecule has 1 saturated heterocycles. The lowest BCUT2D eigenvalue weighted by molar-refractivity contribution is -0.131. The van der Waals surface area contributed by atoms with Crippen molar-refractivity contribution in [1.82, 2.24) is 25.0 Å². The van der Waals surface area contributed by atoms with Gasteiger partial charge in [-0.2, -0.15) is 5.10 Å². The van der Waals surface area contributed by atoms with Gasteiger partial charge in [-0.3, -0.25) is 14.3 Å². The van der Waals surface area contributed by atoms with Crippen LogP contribution in [0.25, 0.3) is 11.0 Å². The zero-order valence-corrected chi connectivity index (χ0v) is 19.0. The van der Waals surface area contributed by atoms with Crippen LogP contribution in [0, 0.1) is 5.82 Å². The molecule has 1 saturated carbocycles. The lowest BCUT2D eigenvalue weighted by atomic mass is 9.91. The smallest absolute Gasteiger partial charge is 0.251 e. The van der Waals surface area contributed by atoms with Crippen LogP contribution < -0.4 is 5.32 Å². The van der Waals surface area contributed by atoms with Crippen molar-refractivity contribution in [3.8, 4) is 0 Å². The van der Waals surface area contributed by atoms with Crippen molar-refractivity contribution in [1.29, 1.82) is 0 Å². The van der Waals surface area contributed by atoms with Crippen molar-refractivity contribution in [3.05, 3.63) is 58.7 Å². The molecule has 3 aromatic rings. The number of hydrogen-bond acceptors (Lipinski definition) is 4. The van der Waals surface area contributed by atoms with Crippen molar-refractivity contribution >= 4 is 22.8 Å². The van der Waals surface area contributed by atoms with E-state index >= 15 is 0 Å². The molecule has 172 valence electrons. The molecule has 2 amide bonds. The van der Waals surface area contributed by atoms with E-state index in [0.29, 0.717) is 24.6 Å². The van der Waals surface area contributed by atoms with Crippen LogP contribution in [-0.2, 0) is 18.3 Å². The Hall–Kier alpha value is -3.29. The topological polar surface area (TPSA) is 80.1 Å². The van der Waals surface area contributed by atoms with Gasteiger partial charge in [0.15, 0.2) is 5.65 Å². The molecule has 1 N–H and O–H groups in total. The molecule has 1 aromatic carbocycles. The monoisotopic (exact) mass is 449 g/mol. The van der Waals surface area contributed by atoms with Crippen molar-refractivity contribution in [2.24, 2.45) is 7.05 Å². The number of carbonyl (C=O) groups is 2. The number of benzene rings is 1. The molecule has 1 aliphatic carbocycles. The fraction of sp³-hybridized carbons (Fsp3) is 0.440. The minimum absolute atomic E-state index is 0.0206. The van der Waals surface area contributed by atoms with E-state index in [4.69, 9.17) is 10.1 Å². The number of likely N-dealkylation sites (tertiary alicyclic amines) is 1. The molecule has 0 radical (unpaired) electrons. The predicted octanol–water partition coefficient (Wildman–Crippen LogP) is 3.29. The van der Waals surface area contributed by atoms with Gasteiger partial charge < -0.3 is 10.2 Å². The van der Waals surface area contributed by atoms with Gasteiger partial charge in [0.1, 0.15) is 5.82 Å². The van der Waals surface area contributed by atoms with Crippen LogP contribution in [0.3, 0.4) is 0 Å². The van der Waals surface area contributed by atoms with Gasteiger partial charge in [0.2, 0.25) is 5.91 Å². The highest BCUT2D eigenvalue weighted by molar-refractivity contribution is 6.06. The van der Waals surface area contributed by atoms with Crippen LogP contribution in [0.5, 0.6) is 0 Å². The van der Waals surface area contributed by atoms with Crippen LogP contribution in [0.15, 0.2) is 30.3 Å². The Kier molecular flexibility index (Phi) is 5.60. The van der Waals surface area contributed by atoms with Crippen molar-refractivity contribution in [3.63, 3.8) is 0 Å². The van der Waals surface area contributed by atoms with E-state index in [-0.39, 0.29) is 30.0 Å². The molecule has 8 heteroatoms. The molecule has 1 aliphatic heterocycles. The van der Waals surface area contributed by atoms with Gasteiger partial charge in [-0.25, -0.2) is 9.37 Å². The molecule has 2 aliphatic rings. The second-order valence-corrected chi connectivity index (χ2v) is 9.14. The van der Waals surface area contributed by atoms with Gasteiger partial charge in [0, 0.05) is 44.7 Å². The summed E-state index contributed by atoms with van der Waals surface area (Å²) >= 11 is 0. The molecule has 2 aromatic heterocycles. The number of amides is 2. The molecule has 0 spiro atoms. The highest BCUT2D eigenvalue weighted by Crippen LogP contribution is 2.41. The third-order valence-electron chi connectivity index (χ3n) is 6.74. The van der Waals surface area contributed by atoms with E-state index in [2.05, 4.69) is 5.32 Å². The molecule has 0 bridgehead atoms. The molecular formula is C25H28FN5O2. The van der Waals surface area contributed by atoms with Gasteiger partial charge in [0.25, 0.3) is 5.91 Å². The number of nitrogens with zero attached hydrogens (tertiary/aromatic N) is 4. The number of fused-ring (bicyclic) bond motifs is 1. The second kappa shape index (κ2) is 8.57. The number of nitrogens with one attached hydrogen (secondary N) is 1. The van der Waals surface area contributed by atoms with Crippen molar-refractivity contribution in [2.45, 2.75) is 43.9 Å². The first-order chi connectivity index (χ1) is 15.9. The summed E-state index contributed by atoms with van der Waals surface area (Å²) in [4.78, 5) is 32.5. The Balaban J connectivity index is 1.45. The standard InChI is InChI=1S/C25H28FN5O2/c1-27-25(33)19-13-20(16-7-8-16)28-24-22(19)23(29-30(24)2)17-4-3-11-31(14-17)21(32)12-15-5-9-18(26)10-6-15/h5-6,9-10,13,16-17H,3-4,7-8,11-12,14H2,1-2H3,(H,27,33). The largest absolute Gasteiger partial charge is 0.355 e. The average molecular weight is 450 g/mol. The number of rotatable bonds is 5. The van der Waals surface area contributed by atoms with Gasteiger partial charge in [-0.05, 0) is 49.4 Å². The summed E-state index contributed by atoms with van der Waals surface area (Å²) in [5.41, 5.74) is 3.92. The Morgan fingerprint density at radius 2 is 1.91 bits per heavy atom. The average Bonchev–Trinajstić information content (AvgIpc) is 3.63. The minimum Gasteiger partial charge on any atom is -0.355 e. The predicted molar refractivity (Wildman–Crippen MR) is 123 cm³/mol. The Bertz CT molecular complexity index is 1220. The molecule has 7 nitrogen and oxygen atoms in total.